The van der Waals surface area contributed by atoms with Crippen LogP contribution in [0.5, 0.6) is 5.75 Å². The third-order valence-electron chi connectivity index (χ3n) is 6.96. The van der Waals surface area contributed by atoms with Crippen molar-refractivity contribution in [2.45, 2.75) is 19.8 Å². The van der Waals surface area contributed by atoms with E-state index in [1.807, 2.05) is 36.2 Å². The van der Waals surface area contributed by atoms with Crippen LogP contribution in [0.3, 0.4) is 0 Å². The van der Waals surface area contributed by atoms with Crippen molar-refractivity contribution in [2.24, 2.45) is 5.92 Å². The van der Waals surface area contributed by atoms with Gasteiger partial charge in [0.05, 0.1) is 30.1 Å². The highest BCUT2D eigenvalue weighted by Gasteiger charge is 2.24. The molecule has 9 nitrogen and oxygen atoms in total. The van der Waals surface area contributed by atoms with Gasteiger partial charge in [0.15, 0.2) is 0 Å². The van der Waals surface area contributed by atoms with E-state index in [2.05, 4.69) is 32.9 Å². The molecule has 0 spiro atoms. The van der Waals surface area contributed by atoms with Crippen molar-refractivity contribution in [1.82, 2.24) is 24.5 Å². The number of aromatic nitrogens is 4. The third-order valence-corrected chi connectivity index (χ3v) is 6.96. The molecule has 0 bridgehead atoms. The van der Waals surface area contributed by atoms with Gasteiger partial charge < -0.3 is 14.5 Å². The molecule has 39 heavy (non-hydrogen) atoms. The maximum atomic E-state index is 13.1. The van der Waals surface area contributed by atoms with Crippen molar-refractivity contribution < 1.29 is 9.53 Å². The van der Waals surface area contributed by atoms with Crippen molar-refractivity contribution in [1.29, 1.82) is 5.26 Å². The first-order chi connectivity index (χ1) is 19.1. The highest BCUT2D eigenvalue weighted by atomic mass is 16.5. The van der Waals surface area contributed by atoms with Crippen molar-refractivity contribution in [3.63, 3.8) is 0 Å². The molecule has 1 amide bonds. The fourth-order valence-electron chi connectivity index (χ4n) is 4.73. The Morgan fingerprint density at radius 1 is 1.10 bits per heavy atom. The maximum absolute atomic E-state index is 13.1. The molecule has 194 valence electrons. The summed E-state index contributed by atoms with van der Waals surface area (Å²) in [5.74, 6) is 8.31. The summed E-state index contributed by atoms with van der Waals surface area (Å²) in [6, 6.07) is 11.7. The Hall–Kier alpha value is -4.89. The largest absolute Gasteiger partial charge is 0.492 e. The first-order valence-electron chi connectivity index (χ1n) is 13.2. The Bertz CT molecular complexity index is 1630. The summed E-state index contributed by atoms with van der Waals surface area (Å²) in [5, 5.41) is 13.9. The fraction of sp³-hybridized carbons (Fsp3) is 0.300. The Kier molecular flexibility index (Phi) is 6.56. The molecule has 1 aliphatic carbocycles. The van der Waals surface area contributed by atoms with E-state index < -0.39 is 0 Å². The monoisotopic (exact) mass is 517 g/mol. The number of pyridine rings is 3. The van der Waals surface area contributed by atoms with Gasteiger partial charge in [-0.1, -0.05) is 5.92 Å². The van der Waals surface area contributed by atoms with Crippen LogP contribution in [0.1, 0.15) is 41.4 Å². The molecule has 0 atom stereocenters. The molecule has 0 radical (unpaired) electrons. The summed E-state index contributed by atoms with van der Waals surface area (Å²) in [7, 11) is 0. The molecule has 0 unspecified atom stereocenters. The quantitative estimate of drug-likeness (QED) is 0.372. The van der Waals surface area contributed by atoms with E-state index in [0.29, 0.717) is 61.3 Å². The number of rotatable bonds is 5. The van der Waals surface area contributed by atoms with Gasteiger partial charge in [0, 0.05) is 61.2 Å². The number of piperazine rings is 1. The van der Waals surface area contributed by atoms with Crippen LogP contribution in [0.4, 0.5) is 5.82 Å². The minimum atomic E-state index is 0.00197. The van der Waals surface area contributed by atoms with Gasteiger partial charge in [-0.25, -0.2) is 14.5 Å². The molecule has 1 saturated carbocycles. The molecular weight excluding hydrogens is 490 g/mol. The molecule has 0 N–H and O–H groups in total. The van der Waals surface area contributed by atoms with Crippen LogP contribution < -0.4 is 9.64 Å². The second-order valence-corrected chi connectivity index (χ2v) is 9.64. The summed E-state index contributed by atoms with van der Waals surface area (Å²) in [4.78, 5) is 26.2. The number of hydrogen-bond acceptors (Lipinski definition) is 7. The van der Waals surface area contributed by atoms with Crippen LogP contribution in [0.15, 0.2) is 55.1 Å². The molecule has 4 aromatic heterocycles. The van der Waals surface area contributed by atoms with Gasteiger partial charge in [-0.15, -0.1) is 0 Å². The van der Waals surface area contributed by atoms with Crippen LogP contribution in [-0.4, -0.2) is 63.2 Å². The molecule has 1 saturated heterocycles. The number of anilines is 1. The highest BCUT2D eigenvalue weighted by molar-refractivity contribution is 5.94. The summed E-state index contributed by atoms with van der Waals surface area (Å²) < 4.78 is 7.39. The van der Waals surface area contributed by atoms with Gasteiger partial charge in [0.1, 0.15) is 23.3 Å². The van der Waals surface area contributed by atoms with Crippen LogP contribution in [-0.2, 0) is 0 Å². The number of nitriles is 1. The first-order valence-corrected chi connectivity index (χ1v) is 13.2. The van der Waals surface area contributed by atoms with Crippen LogP contribution in [0, 0.1) is 29.1 Å². The number of fused-ring (bicyclic) bond motifs is 1. The summed E-state index contributed by atoms with van der Waals surface area (Å²) in [5.41, 5.74) is 4.20. The molecule has 2 fully saturated rings. The fourth-order valence-corrected chi connectivity index (χ4v) is 4.73. The molecule has 6 rings (SSSR count). The van der Waals surface area contributed by atoms with Crippen LogP contribution >= 0.6 is 0 Å². The predicted octanol–water partition coefficient (Wildman–Crippen LogP) is 3.79. The minimum absolute atomic E-state index is 0.00197. The SMILES string of the molecule is CCOc1cc(-c2ccc(N3CCN(C(=O)c4ccnc(C#CC5CC5)c4)CC3)nc2)c2c(C#N)cnn2c1. The number of amides is 1. The van der Waals surface area contributed by atoms with Gasteiger partial charge in [-0.05, 0) is 56.0 Å². The lowest BCUT2D eigenvalue weighted by Gasteiger charge is -2.35. The topological polar surface area (TPSA) is 99.6 Å². The van der Waals surface area contributed by atoms with Crippen molar-refractivity contribution in [3.8, 4) is 34.8 Å². The Morgan fingerprint density at radius 2 is 1.95 bits per heavy atom. The average Bonchev–Trinajstić information content (AvgIpc) is 3.73. The van der Waals surface area contributed by atoms with Gasteiger partial charge >= 0.3 is 0 Å². The molecular formula is C30H27N7O2. The first kappa shape index (κ1) is 24.4. The zero-order valence-electron chi connectivity index (χ0n) is 21.7. The second kappa shape index (κ2) is 10.5. The molecule has 0 aromatic carbocycles. The number of nitrogens with zero attached hydrogens (tertiary/aromatic N) is 7. The summed E-state index contributed by atoms with van der Waals surface area (Å²) >= 11 is 0. The van der Waals surface area contributed by atoms with E-state index in [9.17, 15) is 10.1 Å². The summed E-state index contributed by atoms with van der Waals surface area (Å²) in [6.07, 6.45) is 9.13. The normalized spacial score (nSPS) is 15.0. The van der Waals surface area contributed by atoms with Gasteiger partial charge in [0.25, 0.3) is 5.91 Å². The number of carbonyl (C=O) groups excluding carboxylic acids is 1. The maximum Gasteiger partial charge on any atom is 0.254 e. The van der Waals surface area contributed by atoms with Crippen molar-refractivity contribution >= 4 is 17.2 Å². The number of carbonyl (C=O) groups is 1. The van der Waals surface area contributed by atoms with E-state index in [1.54, 1.807) is 35.2 Å². The molecule has 5 heterocycles. The zero-order valence-corrected chi connectivity index (χ0v) is 21.7. The third kappa shape index (κ3) is 5.12. The van der Waals surface area contributed by atoms with Gasteiger partial charge in [-0.3, -0.25) is 4.79 Å². The van der Waals surface area contributed by atoms with Crippen molar-refractivity contribution in [2.75, 3.05) is 37.7 Å². The van der Waals surface area contributed by atoms with Crippen LogP contribution in [0.25, 0.3) is 16.6 Å². The smallest absolute Gasteiger partial charge is 0.254 e. The van der Waals surface area contributed by atoms with Crippen molar-refractivity contribution in [3.05, 3.63) is 71.9 Å². The minimum Gasteiger partial charge on any atom is -0.492 e. The summed E-state index contributed by atoms with van der Waals surface area (Å²) in [6.45, 7) is 5.03. The van der Waals surface area contributed by atoms with E-state index in [4.69, 9.17) is 9.72 Å². The average molecular weight is 518 g/mol. The molecule has 1 aliphatic heterocycles. The van der Waals surface area contributed by atoms with Gasteiger partial charge in [0.2, 0.25) is 0 Å². The lowest BCUT2D eigenvalue weighted by molar-refractivity contribution is 0.0746. The van der Waals surface area contributed by atoms with E-state index >= 15 is 0 Å². The molecule has 4 aromatic rings. The Labute approximate surface area is 226 Å². The predicted molar refractivity (Wildman–Crippen MR) is 146 cm³/mol. The second-order valence-electron chi connectivity index (χ2n) is 9.64. The Balaban J connectivity index is 1.15. The Morgan fingerprint density at radius 3 is 2.67 bits per heavy atom. The number of ether oxygens (including phenoxy) is 1. The van der Waals surface area contributed by atoms with Gasteiger partial charge in [-0.2, -0.15) is 10.4 Å². The zero-order chi connectivity index (χ0) is 26.8. The standard InChI is InChI=1S/C30H27N7O2/c1-2-39-26-16-27(29-24(17-31)19-34-37(29)20-26)23-6-8-28(33-18-23)35-11-13-36(14-12-35)30(38)22-9-10-32-25(15-22)7-5-21-3-4-21/h6,8-10,15-16,18-21H,2-4,11-14H2,1H3. The van der Waals surface area contributed by atoms with Crippen LogP contribution in [0.2, 0.25) is 0 Å². The molecule has 9 heteroatoms. The lowest BCUT2D eigenvalue weighted by Crippen LogP contribution is -2.49. The van der Waals surface area contributed by atoms with E-state index in [0.717, 1.165) is 35.3 Å². The van der Waals surface area contributed by atoms with E-state index in [-0.39, 0.29) is 5.91 Å². The number of hydrogen-bond donors (Lipinski definition) is 0. The van der Waals surface area contributed by atoms with E-state index in [1.165, 1.54) is 0 Å². The lowest BCUT2D eigenvalue weighted by atomic mass is 10.1. The molecule has 2 aliphatic rings. The highest BCUT2D eigenvalue weighted by Crippen LogP contribution is 2.31.